The van der Waals surface area contributed by atoms with Crippen LogP contribution in [0.4, 0.5) is 10.6 Å². The molecule has 10 heteroatoms. The number of aryl methyl sites for hydroxylation is 1. The molecule has 1 aromatic carbocycles. The third-order valence-electron chi connectivity index (χ3n) is 11.8. The van der Waals surface area contributed by atoms with Crippen LogP contribution in [0.1, 0.15) is 121 Å². The number of aromatic nitrogens is 2. The molecular weight excluding hydrogens is 644 g/mol. The lowest BCUT2D eigenvalue weighted by atomic mass is 9.51. The monoisotopic (exact) mass is 700 g/mol. The van der Waals surface area contributed by atoms with Crippen LogP contribution < -0.4 is 15.0 Å². The molecule has 3 aromatic rings. The highest BCUT2D eigenvalue weighted by molar-refractivity contribution is 5.95. The molecule has 4 aliphatic carbocycles. The van der Waals surface area contributed by atoms with Crippen LogP contribution in [0.2, 0.25) is 0 Å². The summed E-state index contributed by atoms with van der Waals surface area (Å²) in [5, 5.41) is 12.7. The van der Waals surface area contributed by atoms with E-state index in [1.165, 1.54) is 11.1 Å². The highest BCUT2D eigenvalue weighted by atomic mass is 16.6. The van der Waals surface area contributed by atoms with E-state index in [0.29, 0.717) is 56.9 Å². The van der Waals surface area contributed by atoms with E-state index in [0.717, 1.165) is 55.5 Å². The van der Waals surface area contributed by atoms with E-state index in [1.807, 2.05) is 17.0 Å². The molecule has 4 saturated carbocycles. The highest BCUT2D eigenvalue weighted by Gasteiger charge is 2.51. The number of alkyl carbamates (subject to hydrolysis) is 1. The zero-order chi connectivity index (χ0) is 36.4. The van der Waals surface area contributed by atoms with Gasteiger partial charge in [-0.3, -0.25) is 9.69 Å². The molecule has 2 heterocycles. The van der Waals surface area contributed by atoms with E-state index < -0.39 is 11.7 Å². The fraction of sp³-hybridized carbons (Fsp3) is 0.610. The summed E-state index contributed by atoms with van der Waals surface area (Å²) >= 11 is 0. The lowest BCUT2D eigenvalue weighted by molar-refractivity contribution is -0.124. The van der Waals surface area contributed by atoms with E-state index in [9.17, 15) is 14.7 Å². The minimum Gasteiger partial charge on any atom is -0.496 e. The molecule has 0 spiro atoms. The maximum absolute atomic E-state index is 14.6. The third-order valence-corrected chi connectivity index (χ3v) is 11.8. The zero-order valence-electron chi connectivity index (χ0n) is 31.3. The van der Waals surface area contributed by atoms with Crippen LogP contribution in [0.5, 0.6) is 5.75 Å². The van der Waals surface area contributed by atoms with Crippen LogP contribution in [0.15, 0.2) is 47.2 Å². The van der Waals surface area contributed by atoms with Crippen LogP contribution in [0, 0.1) is 18.3 Å². The summed E-state index contributed by atoms with van der Waals surface area (Å²) in [6.07, 6.45) is 12.2. The number of hydrogen-bond acceptors (Lipinski definition) is 8. The average molecular weight is 701 g/mol. The molecule has 0 radical (unpaired) electrons. The van der Waals surface area contributed by atoms with Gasteiger partial charge in [0.1, 0.15) is 29.6 Å². The number of nitrogens with one attached hydrogen (secondary N) is 1. The zero-order valence-corrected chi connectivity index (χ0v) is 31.3. The van der Waals surface area contributed by atoms with E-state index in [4.69, 9.17) is 23.9 Å². The number of pyridine rings is 1. The summed E-state index contributed by atoms with van der Waals surface area (Å²) < 4.78 is 17.0. The van der Waals surface area contributed by atoms with E-state index in [-0.39, 0.29) is 34.7 Å². The Bertz CT molecular complexity index is 1660. The number of aliphatic hydroxyl groups is 1. The van der Waals surface area contributed by atoms with Crippen molar-refractivity contribution < 1.29 is 28.6 Å². The molecule has 7 rings (SSSR count). The van der Waals surface area contributed by atoms with Gasteiger partial charge >= 0.3 is 6.09 Å². The van der Waals surface area contributed by atoms with Crippen molar-refractivity contribution in [2.24, 2.45) is 11.3 Å². The molecule has 0 saturated heterocycles. The third kappa shape index (κ3) is 8.43. The second-order valence-electron chi connectivity index (χ2n) is 16.4. The first-order valence-corrected chi connectivity index (χ1v) is 18.8. The average Bonchev–Trinajstić information content (AvgIpc) is 3.62. The molecule has 2 aromatic heterocycles. The summed E-state index contributed by atoms with van der Waals surface area (Å²) in [6.45, 7) is 10.6. The Morgan fingerprint density at radius 2 is 1.76 bits per heavy atom. The van der Waals surface area contributed by atoms with Crippen LogP contribution in [-0.2, 0) is 14.9 Å². The van der Waals surface area contributed by atoms with Crippen molar-refractivity contribution in [2.75, 3.05) is 25.1 Å². The van der Waals surface area contributed by atoms with Gasteiger partial charge < -0.3 is 24.3 Å². The molecule has 2 amide bonds. The summed E-state index contributed by atoms with van der Waals surface area (Å²) in [4.78, 5) is 38.5. The Labute approximate surface area is 302 Å². The Morgan fingerprint density at radius 1 is 1.06 bits per heavy atom. The first-order valence-electron chi connectivity index (χ1n) is 18.8. The van der Waals surface area contributed by atoms with Crippen LogP contribution in [0.3, 0.4) is 0 Å². The number of carbonyl (C=O) groups excluding carboxylic acids is 2. The number of carbonyl (C=O) groups is 2. The Hall–Kier alpha value is -3.92. The Balaban J connectivity index is 1.18. The van der Waals surface area contributed by atoms with E-state index in [1.54, 1.807) is 33.4 Å². The molecule has 2 bridgehead atoms. The second-order valence-corrected chi connectivity index (χ2v) is 16.4. The van der Waals surface area contributed by atoms with Gasteiger partial charge in [-0.2, -0.15) is 0 Å². The van der Waals surface area contributed by atoms with Crippen molar-refractivity contribution >= 4 is 17.8 Å². The minimum absolute atomic E-state index is 0.0247. The molecule has 0 unspecified atom stereocenters. The van der Waals surface area contributed by atoms with E-state index in [2.05, 4.69) is 44.3 Å². The van der Waals surface area contributed by atoms with Gasteiger partial charge in [-0.15, -0.1) is 0 Å². The topological polar surface area (TPSA) is 127 Å². The van der Waals surface area contributed by atoms with Crippen LogP contribution in [0.25, 0.3) is 11.3 Å². The smallest absolute Gasteiger partial charge is 0.407 e. The quantitative estimate of drug-likeness (QED) is 0.193. The van der Waals surface area contributed by atoms with Gasteiger partial charge in [0.15, 0.2) is 5.89 Å². The van der Waals surface area contributed by atoms with Crippen LogP contribution >= 0.6 is 0 Å². The lowest BCUT2D eigenvalue weighted by Crippen LogP contribution is -2.52. The van der Waals surface area contributed by atoms with Crippen molar-refractivity contribution in [2.45, 2.75) is 128 Å². The predicted octanol–water partition coefficient (Wildman–Crippen LogP) is 8.25. The normalized spacial score (nSPS) is 24.7. The first kappa shape index (κ1) is 36.9. The number of anilines is 1. The molecule has 10 nitrogen and oxygen atoms in total. The predicted molar refractivity (Wildman–Crippen MR) is 197 cm³/mol. The Morgan fingerprint density at radius 3 is 2.37 bits per heavy atom. The molecule has 2 N–H and O–H groups in total. The van der Waals surface area contributed by atoms with E-state index >= 15 is 0 Å². The summed E-state index contributed by atoms with van der Waals surface area (Å²) in [6, 6.07) is 10.6. The summed E-state index contributed by atoms with van der Waals surface area (Å²) in [7, 11) is 1.73. The van der Waals surface area contributed by atoms with Gasteiger partial charge in [0.25, 0.3) is 0 Å². The molecule has 4 aliphatic rings. The van der Waals surface area contributed by atoms with Crippen molar-refractivity contribution in [3.05, 3.63) is 59.8 Å². The number of rotatable bonds is 12. The van der Waals surface area contributed by atoms with Crippen molar-refractivity contribution in [3.63, 3.8) is 0 Å². The van der Waals surface area contributed by atoms with Gasteiger partial charge in [-0.1, -0.05) is 26.0 Å². The standard InChI is InChI=1S/C41H56N4O6/c1-27(2)36-44-33(25-50-36)30-13-21-42-35(24-30)45(37(46)29-7-10-32(11-8-29)51-38(47)43-22-20-39(4,5)48)26-40-14-17-41(18-15-40,19-16-40)31-9-12-34(49-6)28(3)23-31/h9,12-13,21,23-25,27,29,32,48H,7-8,10-11,14-20,22,26H2,1-6H3,(H,43,47)/t29-,32-,40?,41?. The SMILES string of the molecule is COc1ccc(C23CCC(CN(c4cc(-c5coc(C(C)C)n5)ccn4)C(=O)[C@H]4CC[C@H](OC(=O)NCCC(C)(C)O)CC4)(CC2)CC3)cc1C. The summed E-state index contributed by atoms with van der Waals surface area (Å²) in [5.41, 5.74) is 3.54. The fourth-order valence-corrected chi connectivity index (χ4v) is 8.47. The van der Waals surface area contributed by atoms with Gasteiger partial charge in [-0.05, 0) is 132 Å². The van der Waals surface area contributed by atoms with Crippen molar-refractivity contribution in [1.29, 1.82) is 0 Å². The maximum Gasteiger partial charge on any atom is 0.407 e. The van der Waals surface area contributed by atoms with Crippen molar-refractivity contribution in [3.8, 4) is 17.0 Å². The summed E-state index contributed by atoms with van der Waals surface area (Å²) in [5.74, 6) is 2.34. The first-order chi connectivity index (χ1) is 24.3. The number of methoxy groups -OCH3 is 1. The second kappa shape index (κ2) is 15.0. The highest BCUT2D eigenvalue weighted by Crippen LogP contribution is 2.58. The molecule has 51 heavy (non-hydrogen) atoms. The number of amides is 2. The lowest BCUT2D eigenvalue weighted by Gasteiger charge is -2.55. The number of ether oxygens (including phenoxy) is 2. The number of nitrogens with zero attached hydrogens (tertiary/aromatic N) is 3. The molecule has 276 valence electrons. The largest absolute Gasteiger partial charge is 0.496 e. The van der Waals surface area contributed by atoms with Crippen molar-refractivity contribution in [1.82, 2.24) is 15.3 Å². The Kier molecular flexibility index (Phi) is 10.8. The van der Waals surface area contributed by atoms with Gasteiger partial charge in [-0.25, -0.2) is 14.8 Å². The number of benzene rings is 1. The van der Waals surface area contributed by atoms with Gasteiger partial charge in [0.05, 0.1) is 12.7 Å². The minimum atomic E-state index is -0.856. The number of fused-ring (bicyclic) bond motifs is 3. The molecular formula is C41H56N4O6. The number of hydrogen-bond donors (Lipinski definition) is 2. The van der Waals surface area contributed by atoms with Gasteiger partial charge in [0.2, 0.25) is 5.91 Å². The molecule has 4 fully saturated rings. The fourth-order valence-electron chi connectivity index (χ4n) is 8.47. The van der Waals surface area contributed by atoms with Gasteiger partial charge in [0, 0.05) is 36.7 Å². The number of oxazole rings is 1. The molecule has 0 atom stereocenters. The maximum atomic E-state index is 14.6. The molecule has 0 aliphatic heterocycles. The van der Waals surface area contributed by atoms with Crippen LogP contribution in [-0.4, -0.2) is 59.0 Å².